The number of aliphatic carboxylic acids is 1. The van der Waals surface area contributed by atoms with Gasteiger partial charge in [-0.25, -0.2) is 8.78 Å². The molecule has 0 amide bonds. The summed E-state index contributed by atoms with van der Waals surface area (Å²) in [6.07, 6.45) is -0.223. The van der Waals surface area contributed by atoms with Crippen LogP contribution in [-0.2, 0) is 4.79 Å². The van der Waals surface area contributed by atoms with Crippen molar-refractivity contribution in [3.8, 4) is 0 Å². The molecule has 0 aliphatic rings. The van der Waals surface area contributed by atoms with E-state index < -0.39 is 23.6 Å². The molecule has 0 aromatic heterocycles. The summed E-state index contributed by atoms with van der Waals surface area (Å²) in [7, 11) is 1.54. The number of hydrogen-bond donors (Lipinski definition) is 2. The molecule has 0 saturated heterocycles. The van der Waals surface area contributed by atoms with Gasteiger partial charge < -0.3 is 10.4 Å². The van der Waals surface area contributed by atoms with E-state index >= 15 is 0 Å². The van der Waals surface area contributed by atoms with Gasteiger partial charge >= 0.3 is 5.97 Å². The van der Waals surface area contributed by atoms with Crippen molar-refractivity contribution in [3.63, 3.8) is 0 Å². The number of carboxylic acids is 1. The summed E-state index contributed by atoms with van der Waals surface area (Å²) in [5.74, 6) is -2.45. The molecule has 2 N–H and O–H groups in total. The van der Waals surface area contributed by atoms with Crippen molar-refractivity contribution in [3.05, 3.63) is 35.4 Å². The Bertz CT molecular complexity index is 348. The van der Waals surface area contributed by atoms with E-state index in [0.717, 1.165) is 18.2 Å². The van der Waals surface area contributed by atoms with Crippen LogP contribution in [0.5, 0.6) is 0 Å². The Morgan fingerprint density at radius 1 is 1.40 bits per heavy atom. The second-order valence-corrected chi connectivity index (χ2v) is 3.14. The molecular weight excluding hydrogens is 204 g/mol. The van der Waals surface area contributed by atoms with Crippen LogP contribution in [0.4, 0.5) is 8.78 Å². The Morgan fingerprint density at radius 3 is 2.33 bits per heavy atom. The zero-order valence-corrected chi connectivity index (χ0v) is 8.13. The molecule has 0 aliphatic carbocycles. The Balaban J connectivity index is 2.95. The van der Waals surface area contributed by atoms with Crippen LogP contribution in [0.2, 0.25) is 0 Å². The second kappa shape index (κ2) is 4.84. The van der Waals surface area contributed by atoms with Gasteiger partial charge in [0.1, 0.15) is 11.6 Å². The Kier molecular flexibility index (Phi) is 3.74. The van der Waals surface area contributed by atoms with Crippen LogP contribution in [0.3, 0.4) is 0 Å². The van der Waals surface area contributed by atoms with E-state index in [1.165, 1.54) is 7.05 Å². The van der Waals surface area contributed by atoms with Crippen molar-refractivity contribution < 1.29 is 18.7 Å². The highest BCUT2D eigenvalue weighted by Gasteiger charge is 2.14. The minimum atomic E-state index is -1.03. The second-order valence-electron chi connectivity index (χ2n) is 3.14. The monoisotopic (exact) mass is 215 g/mol. The molecule has 0 fully saturated rings. The Morgan fingerprint density at radius 2 is 1.93 bits per heavy atom. The van der Waals surface area contributed by atoms with Gasteiger partial charge in [-0.15, -0.1) is 0 Å². The largest absolute Gasteiger partial charge is 0.481 e. The van der Waals surface area contributed by atoms with E-state index in [9.17, 15) is 13.6 Å². The molecule has 1 rings (SSSR count). The molecule has 5 heteroatoms. The Hall–Kier alpha value is -1.49. The molecule has 0 radical (unpaired) electrons. The molecule has 3 nitrogen and oxygen atoms in total. The van der Waals surface area contributed by atoms with Gasteiger partial charge in [-0.05, 0) is 24.7 Å². The zero-order valence-electron chi connectivity index (χ0n) is 8.13. The number of carboxylic acid groups (broad SMARTS) is 1. The fraction of sp³-hybridized carbons (Fsp3) is 0.300. The summed E-state index contributed by atoms with van der Waals surface area (Å²) in [4.78, 5) is 10.5. The first-order valence-electron chi connectivity index (χ1n) is 4.38. The minimum Gasteiger partial charge on any atom is -0.481 e. The lowest BCUT2D eigenvalue weighted by Gasteiger charge is -2.14. The third-order valence-corrected chi connectivity index (χ3v) is 2.01. The van der Waals surface area contributed by atoms with Gasteiger partial charge in [0.15, 0.2) is 0 Å². The van der Waals surface area contributed by atoms with Gasteiger partial charge in [-0.3, -0.25) is 4.79 Å². The molecule has 82 valence electrons. The van der Waals surface area contributed by atoms with Gasteiger partial charge in [0, 0.05) is 12.1 Å². The summed E-state index contributed by atoms with van der Waals surface area (Å²) in [6.45, 7) is 0. The van der Waals surface area contributed by atoms with E-state index in [2.05, 4.69) is 5.32 Å². The average Bonchev–Trinajstić information content (AvgIpc) is 2.12. The summed E-state index contributed by atoms with van der Waals surface area (Å²) in [6, 6.07) is 2.39. The van der Waals surface area contributed by atoms with Crippen LogP contribution in [0.15, 0.2) is 18.2 Å². The van der Waals surface area contributed by atoms with E-state index in [4.69, 9.17) is 5.11 Å². The number of hydrogen-bond acceptors (Lipinski definition) is 2. The van der Waals surface area contributed by atoms with E-state index in [1.807, 2.05) is 0 Å². The summed E-state index contributed by atoms with van der Waals surface area (Å²) in [5.41, 5.74) is 0.289. The molecule has 15 heavy (non-hydrogen) atoms. The van der Waals surface area contributed by atoms with Crippen LogP contribution < -0.4 is 5.32 Å². The third-order valence-electron chi connectivity index (χ3n) is 2.01. The SMILES string of the molecule is CNC(CC(=O)O)c1cc(F)cc(F)c1. The molecule has 1 unspecified atom stereocenters. The maximum absolute atomic E-state index is 12.8. The first-order valence-corrected chi connectivity index (χ1v) is 4.38. The van der Waals surface area contributed by atoms with Crippen LogP contribution in [0.1, 0.15) is 18.0 Å². The highest BCUT2D eigenvalue weighted by Crippen LogP contribution is 2.18. The fourth-order valence-electron chi connectivity index (χ4n) is 1.34. The molecule has 0 aliphatic heterocycles. The predicted molar refractivity (Wildman–Crippen MR) is 50.4 cm³/mol. The number of carbonyl (C=O) groups is 1. The van der Waals surface area contributed by atoms with Crippen molar-refractivity contribution in [1.82, 2.24) is 5.32 Å². The van der Waals surface area contributed by atoms with Crippen LogP contribution >= 0.6 is 0 Å². The van der Waals surface area contributed by atoms with Crippen LogP contribution in [-0.4, -0.2) is 18.1 Å². The maximum Gasteiger partial charge on any atom is 0.305 e. The molecule has 1 atom stereocenters. The topological polar surface area (TPSA) is 49.3 Å². The summed E-state index contributed by atoms with van der Waals surface area (Å²) < 4.78 is 25.7. The zero-order chi connectivity index (χ0) is 11.4. The molecule has 1 aromatic rings. The lowest BCUT2D eigenvalue weighted by molar-refractivity contribution is -0.137. The third kappa shape index (κ3) is 3.28. The molecule has 0 saturated carbocycles. The van der Waals surface area contributed by atoms with Crippen molar-refractivity contribution in [2.24, 2.45) is 0 Å². The first-order chi connectivity index (χ1) is 7.02. The summed E-state index contributed by atoms with van der Waals surface area (Å²) in [5, 5.41) is 11.3. The van der Waals surface area contributed by atoms with E-state index in [-0.39, 0.29) is 12.0 Å². The minimum absolute atomic E-state index is 0.223. The van der Waals surface area contributed by atoms with Crippen LogP contribution in [0.25, 0.3) is 0 Å². The lowest BCUT2D eigenvalue weighted by Crippen LogP contribution is -2.20. The van der Waals surface area contributed by atoms with Gasteiger partial charge in [0.25, 0.3) is 0 Å². The van der Waals surface area contributed by atoms with Crippen molar-refractivity contribution in [1.29, 1.82) is 0 Å². The number of rotatable bonds is 4. The fourth-order valence-corrected chi connectivity index (χ4v) is 1.34. The smallest absolute Gasteiger partial charge is 0.305 e. The Labute approximate surface area is 85.7 Å². The predicted octanol–water partition coefficient (Wildman–Crippen LogP) is 1.70. The molecule has 1 aromatic carbocycles. The number of benzene rings is 1. The van der Waals surface area contributed by atoms with E-state index in [1.54, 1.807) is 0 Å². The van der Waals surface area contributed by atoms with E-state index in [0.29, 0.717) is 0 Å². The molecular formula is C10H11F2NO2. The van der Waals surface area contributed by atoms with Gasteiger partial charge in [0.05, 0.1) is 6.42 Å². The highest BCUT2D eigenvalue weighted by atomic mass is 19.1. The quantitative estimate of drug-likeness (QED) is 0.803. The first kappa shape index (κ1) is 11.6. The van der Waals surface area contributed by atoms with Gasteiger partial charge in [-0.2, -0.15) is 0 Å². The molecule has 0 spiro atoms. The van der Waals surface area contributed by atoms with Crippen molar-refractivity contribution in [2.75, 3.05) is 7.05 Å². The highest BCUT2D eigenvalue weighted by molar-refractivity contribution is 5.67. The normalized spacial score (nSPS) is 12.5. The number of nitrogens with one attached hydrogen (secondary N) is 1. The summed E-state index contributed by atoms with van der Waals surface area (Å²) >= 11 is 0. The lowest BCUT2D eigenvalue weighted by atomic mass is 10.0. The van der Waals surface area contributed by atoms with Gasteiger partial charge in [-0.1, -0.05) is 0 Å². The standard InChI is InChI=1S/C10H11F2NO2/c1-13-9(5-10(14)15)6-2-7(11)4-8(12)3-6/h2-4,9,13H,5H2,1H3,(H,14,15). The van der Waals surface area contributed by atoms with Gasteiger partial charge in [0.2, 0.25) is 0 Å². The number of halogens is 2. The van der Waals surface area contributed by atoms with Crippen LogP contribution in [0, 0.1) is 11.6 Å². The van der Waals surface area contributed by atoms with Crippen molar-refractivity contribution in [2.45, 2.75) is 12.5 Å². The molecule has 0 heterocycles. The van der Waals surface area contributed by atoms with Crippen molar-refractivity contribution >= 4 is 5.97 Å². The average molecular weight is 215 g/mol. The molecule has 0 bridgehead atoms. The maximum atomic E-state index is 12.8.